The quantitative estimate of drug-likeness (QED) is 0.114. The molecule has 0 spiro atoms. The molecular formula is C23H44O6S2. The molecule has 3 N–H and O–H groups in total. The molecule has 0 aliphatic rings. The van der Waals surface area contributed by atoms with Gasteiger partial charge in [-0.15, -0.1) is 11.8 Å². The van der Waals surface area contributed by atoms with Crippen LogP contribution in [0.3, 0.4) is 0 Å². The zero-order valence-electron chi connectivity index (χ0n) is 19.2. The zero-order valence-corrected chi connectivity index (χ0v) is 20.9. The predicted molar refractivity (Wildman–Crippen MR) is 131 cm³/mol. The van der Waals surface area contributed by atoms with Gasteiger partial charge < -0.3 is 20.1 Å². The average Bonchev–Trinajstić information content (AvgIpc) is 2.73. The van der Waals surface area contributed by atoms with Gasteiger partial charge in [0.05, 0.1) is 12.7 Å². The highest BCUT2D eigenvalue weighted by Crippen LogP contribution is 2.21. The third-order valence-electron chi connectivity index (χ3n) is 5.20. The summed E-state index contributed by atoms with van der Waals surface area (Å²) in [4.78, 5) is 22.0. The van der Waals surface area contributed by atoms with Crippen LogP contribution in [0.15, 0.2) is 0 Å². The Bertz CT molecular complexity index is 450. The molecule has 0 aromatic rings. The molecule has 0 saturated heterocycles. The van der Waals surface area contributed by atoms with Crippen molar-refractivity contribution in [1.29, 1.82) is 0 Å². The van der Waals surface area contributed by atoms with Crippen molar-refractivity contribution in [1.82, 2.24) is 0 Å². The summed E-state index contributed by atoms with van der Waals surface area (Å²) in [6.07, 6.45) is 17.3. The molecule has 0 aromatic heterocycles. The molecule has 0 aliphatic carbocycles. The summed E-state index contributed by atoms with van der Waals surface area (Å²) in [5.74, 6) is -2.44. The number of aliphatic hydroxyl groups is 1. The largest absolute Gasteiger partial charge is 0.480 e. The van der Waals surface area contributed by atoms with Gasteiger partial charge in [-0.2, -0.15) is 12.6 Å². The summed E-state index contributed by atoms with van der Waals surface area (Å²) in [7, 11) is 0. The van der Waals surface area contributed by atoms with E-state index in [1.807, 2.05) is 0 Å². The second-order valence-electron chi connectivity index (χ2n) is 8.20. The third-order valence-corrected chi connectivity index (χ3v) is 7.33. The first-order chi connectivity index (χ1) is 14.9. The number of aliphatic hydroxyl groups excluding tert-OH is 1. The molecule has 0 amide bonds. The van der Waals surface area contributed by atoms with Gasteiger partial charge in [-0.3, -0.25) is 9.59 Å². The maximum absolute atomic E-state index is 11.1. The van der Waals surface area contributed by atoms with Crippen molar-refractivity contribution in [3.63, 3.8) is 0 Å². The first kappa shape index (κ1) is 30.6. The number of rotatable bonds is 23. The van der Waals surface area contributed by atoms with Gasteiger partial charge >= 0.3 is 11.9 Å². The van der Waals surface area contributed by atoms with E-state index in [1.54, 1.807) is 0 Å². The summed E-state index contributed by atoms with van der Waals surface area (Å²) >= 11 is 4.69. The Morgan fingerprint density at radius 2 is 1.26 bits per heavy atom. The Kier molecular flexibility index (Phi) is 21.1. The van der Waals surface area contributed by atoms with Crippen LogP contribution in [-0.2, 0) is 14.3 Å². The minimum Gasteiger partial charge on any atom is -0.480 e. The SMILES string of the molecule is CCCCCCCCCCCCCCCCOCC(O)CSC(C(=O)O)C(S)C(=O)O. The molecule has 184 valence electrons. The van der Waals surface area contributed by atoms with E-state index in [-0.39, 0.29) is 12.4 Å². The van der Waals surface area contributed by atoms with Crippen molar-refractivity contribution in [2.24, 2.45) is 0 Å². The topological polar surface area (TPSA) is 104 Å². The normalized spacial score (nSPS) is 14.3. The molecule has 0 aromatic carbocycles. The van der Waals surface area contributed by atoms with E-state index in [2.05, 4.69) is 19.6 Å². The number of thiol groups is 1. The summed E-state index contributed by atoms with van der Waals surface area (Å²) < 4.78 is 5.46. The van der Waals surface area contributed by atoms with E-state index in [1.165, 1.54) is 77.0 Å². The smallest absolute Gasteiger partial charge is 0.318 e. The minimum atomic E-state index is -1.31. The van der Waals surface area contributed by atoms with Crippen LogP contribution in [0.2, 0.25) is 0 Å². The van der Waals surface area contributed by atoms with Gasteiger partial charge in [-0.05, 0) is 6.42 Å². The number of hydrogen-bond acceptors (Lipinski definition) is 6. The molecule has 0 radical (unpaired) electrons. The van der Waals surface area contributed by atoms with Crippen LogP contribution in [0.4, 0.5) is 0 Å². The number of ether oxygens (including phenoxy) is 1. The van der Waals surface area contributed by atoms with Crippen LogP contribution in [-0.4, -0.2) is 62.8 Å². The Morgan fingerprint density at radius 1 is 0.806 bits per heavy atom. The van der Waals surface area contributed by atoms with Crippen LogP contribution in [0, 0.1) is 0 Å². The fourth-order valence-electron chi connectivity index (χ4n) is 3.31. The number of thioether (sulfide) groups is 1. The van der Waals surface area contributed by atoms with Crippen molar-refractivity contribution in [2.75, 3.05) is 19.0 Å². The van der Waals surface area contributed by atoms with Crippen LogP contribution >= 0.6 is 24.4 Å². The second-order valence-corrected chi connectivity index (χ2v) is 9.93. The predicted octanol–water partition coefficient (Wildman–Crippen LogP) is 5.41. The lowest BCUT2D eigenvalue weighted by Crippen LogP contribution is -2.35. The van der Waals surface area contributed by atoms with Gasteiger partial charge in [0.1, 0.15) is 10.5 Å². The fraction of sp³-hybridized carbons (Fsp3) is 0.913. The van der Waals surface area contributed by atoms with Crippen molar-refractivity contribution in [3.8, 4) is 0 Å². The van der Waals surface area contributed by atoms with Crippen LogP contribution in [0.5, 0.6) is 0 Å². The lowest BCUT2D eigenvalue weighted by Gasteiger charge is -2.17. The van der Waals surface area contributed by atoms with Crippen molar-refractivity contribution >= 4 is 36.3 Å². The first-order valence-electron chi connectivity index (χ1n) is 11.9. The standard InChI is InChI=1S/C23H44O6S2/c1-2-3-4-5-6-7-8-9-10-11-12-13-14-15-16-29-17-19(24)18-31-21(23(27)28)20(30)22(25)26/h19-21,24,30H,2-18H2,1H3,(H,25,26)(H,27,28). The Balaban J connectivity index is 3.46. The van der Waals surface area contributed by atoms with Crippen molar-refractivity contribution in [3.05, 3.63) is 0 Å². The van der Waals surface area contributed by atoms with Crippen molar-refractivity contribution < 1.29 is 29.6 Å². The highest BCUT2D eigenvalue weighted by Gasteiger charge is 2.31. The highest BCUT2D eigenvalue weighted by atomic mass is 32.2. The Labute approximate surface area is 198 Å². The van der Waals surface area contributed by atoms with Crippen LogP contribution < -0.4 is 0 Å². The Morgan fingerprint density at radius 3 is 1.68 bits per heavy atom. The van der Waals surface area contributed by atoms with E-state index in [4.69, 9.17) is 14.9 Å². The molecule has 0 saturated carbocycles. The van der Waals surface area contributed by atoms with Gasteiger partial charge in [0.15, 0.2) is 0 Å². The molecule has 0 heterocycles. The number of carboxylic acid groups (broad SMARTS) is 2. The van der Waals surface area contributed by atoms with Crippen molar-refractivity contribution in [2.45, 2.75) is 113 Å². The molecule has 8 heteroatoms. The molecule has 3 atom stereocenters. The number of carbonyl (C=O) groups is 2. The van der Waals surface area contributed by atoms with E-state index in [9.17, 15) is 14.7 Å². The first-order valence-corrected chi connectivity index (χ1v) is 13.5. The highest BCUT2D eigenvalue weighted by molar-refractivity contribution is 8.01. The maximum Gasteiger partial charge on any atom is 0.318 e. The number of carboxylic acids is 2. The number of aliphatic carboxylic acids is 2. The maximum atomic E-state index is 11.1. The zero-order chi connectivity index (χ0) is 23.3. The molecule has 0 rings (SSSR count). The molecular weight excluding hydrogens is 436 g/mol. The molecule has 3 unspecified atom stereocenters. The molecule has 0 fully saturated rings. The second kappa shape index (κ2) is 21.4. The van der Waals surface area contributed by atoms with Crippen LogP contribution in [0.1, 0.15) is 96.8 Å². The Hall–Kier alpha value is -0.440. The molecule has 6 nitrogen and oxygen atoms in total. The monoisotopic (exact) mass is 480 g/mol. The molecule has 0 bridgehead atoms. The average molecular weight is 481 g/mol. The summed E-state index contributed by atoms with van der Waals surface area (Å²) in [5.41, 5.74) is 0. The summed E-state index contributed by atoms with van der Waals surface area (Å²) in [6.45, 7) is 2.96. The van der Waals surface area contributed by atoms with Gasteiger partial charge in [0.2, 0.25) is 0 Å². The molecule has 0 aliphatic heterocycles. The molecule has 31 heavy (non-hydrogen) atoms. The van der Waals surface area contributed by atoms with E-state index >= 15 is 0 Å². The number of hydrogen-bond donors (Lipinski definition) is 4. The lowest BCUT2D eigenvalue weighted by molar-refractivity contribution is -0.142. The lowest BCUT2D eigenvalue weighted by atomic mass is 10.0. The van der Waals surface area contributed by atoms with Gasteiger partial charge in [-0.1, -0.05) is 90.4 Å². The number of unbranched alkanes of at least 4 members (excludes halogenated alkanes) is 13. The van der Waals surface area contributed by atoms with E-state index in [0.29, 0.717) is 6.61 Å². The minimum absolute atomic E-state index is 0.0973. The fourth-order valence-corrected chi connectivity index (χ4v) is 4.66. The van der Waals surface area contributed by atoms with E-state index in [0.717, 1.165) is 24.6 Å². The van der Waals surface area contributed by atoms with Gasteiger partial charge in [0, 0.05) is 12.4 Å². The van der Waals surface area contributed by atoms with E-state index < -0.39 is 28.5 Å². The van der Waals surface area contributed by atoms with Crippen LogP contribution in [0.25, 0.3) is 0 Å². The summed E-state index contributed by atoms with van der Waals surface area (Å²) in [5, 5.41) is 25.4. The van der Waals surface area contributed by atoms with Gasteiger partial charge in [0.25, 0.3) is 0 Å². The summed E-state index contributed by atoms with van der Waals surface area (Å²) in [6, 6.07) is 0. The van der Waals surface area contributed by atoms with Gasteiger partial charge in [-0.25, -0.2) is 0 Å². The third kappa shape index (κ3) is 18.8.